The SMILES string of the molecule is O=C(c1cc(=O)[nH]c(-c2ccccc2)n1)N1CCC[C@](O)(CN2CCOCC2)CC1. The number of carbonyl (C=O) groups excluding carboxylic acids is 1. The summed E-state index contributed by atoms with van der Waals surface area (Å²) in [6.45, 7) is 4.61. The van der Waals surface area contributed by atoms with Gasteiger partial charge in [-0.25, -0.2) is 4.98 Å². The fourth-order valence-electron chi connectivity index (χ4n) is 4.18. The molecule has 0 aliphatic carbocycles. The summed E-state index contributed by atoms with van der Waals surface area (Å²) in [5.41, 5.74) is -0.287. The highest BCUT2D eigenvalue weighted by molar-refractivity contribution is 5.92. The first-order chi connectivity index (χ1) is 14.5. The molecule has 2 aliphatic rings. The molecule has 0 unspecified atom stereocenters. The van der Waals surface area contributed by atoms with Gasteiger partial charge in [0.1, 0.15) is 11.5 Å². The number of aromatic nitrogens is 2. The van der Waals surface area contributed by atoms with E-state index in [1.165, 1.54) is 6.07 Å². The summed E-state index contributed by atoms with van der Waals surface area (Å²) in [5, 5.41) is 11.1. The molecule has 1 atom stereocenters. The zero-order chi connectivity index (χ0) is 21.0. The molecule has 3 heterocycles. The van der Waals surface area contributed by atoms with Gasteiger partial charge in [0.05, 0.1) is 18.8 Å². The van der Waals surface area contributed by atoms with Crippen LogP contribution in [0.1, 0.15) is 29.8 Å². The Labute approximate surface area is 175 Å². The summed E-state index contributed by atoms with van der Waals surface area (Å²) in [5.74, 6) is 0.110. The number of hydrogen-bond acceptors (Lipinski definition) is 6. The van der Waals surface area contributed by atoms with Gasteiger partial charge in [0.2, 0.25) is 0 Å². The molecule has 8 heteroatoms. The van der Waals surface area contributed by atoms with Gasteiger partial charge in [-0.1, -0.05) is 30.3 Å². The van der Waals surface area contributed by atoms with Crippen molar-refractivity contribution < 1.29 is 14.6 Å². The molecule has 30 heavy (non-hydrogen) atoms. The third-order valence-corrected chi connectivity index (χ3v) is 5.83. The normalized spacial score (nSPS) is 23.2. The number of likely N-dealkylation sites (tertiary alicyclic amines) is 1. The van der Waals surface area contributed by atoms with E-state index in [4.69, 9.17) is 4.74 Å². The minimum Gasteiger partial charge on any atom is -0.388 e. The molecule has 0 saturated carbocycles. The zero-order valence-electron chi connectivity index (χ0n) is 17.0. The van der Waals surface area contributed by atoms with Crippen molar-refractivity contribution in [3.8, 4) is 11.4 Å². The van der Waals surface area contributed by atoms with Crippen molar-refractivity contribution in [2.45, 2.75) is 24.9 Å². The van der Waals surface area contributed by atoms with E-state index in [2.05, 4.69) is 14.9 Å². The zero-order valence-corrected chi connectivity index (χ0v) is 17.0. The lowest BCUT2D eigenvalue weighted by Crippen LogP contribution is -2.48. The minimum atomic E-state index is -0.816. The number of nitrogens with one attached hydrogen (secondary N) is 1. The summed E-state index contributed by atoms with van der Waals surface area (Å²) in [4.78, 5) is 36.3. The van der Waals surface area contributed by atoms with Gasteiger partial charge in [0.25, 0.3) is 11.5 Å². The van der Waals surface area contributed by atoms with Gasteiger partial charge in [-0.15, -0.1) is 0 Å². The summed E-state index contributed by atoms with van der Waals surface area (Å²) < 4.78 is 5.38. The molecule has 2 N–H and O–H groups in total. The Morgan fingerprint density at radius 2 is 1.90 bits per heavy atom. The summed E-state index contributed by atoms with van der Waals surface area (Å²) >= 11 is 0. The third kappa shape index (κ3) is 4.95. The molecule has 8 nitrogen and oxygen atoms in total. The van der Waals surface area contributed by atoms with Crippen molar-refractivity contribution in [1.82, 2.24) is 19.8 Å². The van der Waals surface area contributed by atoms with Gasteiger partial charge in [0, 0.05) is 44.4 Å². The highest BCUT2D eigenvalue weighted by Crippen LogP contribution is 2.25. The quantitative estimate of drug-likeness (QED) is 0.781. The van der Waals surface area contributed by atoms with E-state index in [0.29, 0.717) is 57.9 Å². The van der Waals surface area contributed by atoms with Crippen molar-refractivity contribution in [2.75, 3.05) is 45.9 Å². The van der Waals surface area contributed by atoms with Crippen molar-refractivity contribution in [3.05, 3.63) is 52.4 Å². The second kappa shape index (κ2) is 9.07. The van der Waals surface area contributed by atoms with Crippen LogP contribution >= 0.6 is 0 Å². The van der Waals surface area contributed by atoms with Crippen LogP contribution in [0.5, 0.6) is 0 Å². The number of β-amino-alcohol motifs (C(OH)–C–C–N with tert-alkyl or cyclic N) is 1. The van der Waals surface area contributed by atoms with Gasteiger partial charge in [0.15, 0.2) is 0 Å². The van der Waals surface area contributed by atoms with Crippen LogP contribution in [0.4, 0.5) is 0 Å². The molecular formula is C22H28N4O4. The Balaban J connectivity index is 1.46. The molecule has 1 amide bonds. The summed E-state index contributed by atoms with van der Waals surface area (Å²) in [6, 6.07) is 10.5. The predicted molar refractivity (Wildman–Crippen MR) is 112 cm³/mol. The van der Waals surface area contributed by atoms with Crippen LogP contribution in [0, 0.1) is 0 Å². The highest BCUT2D eigenvalue weighted by Gasteiger charge is 2.34. The Morgan fingerprint density at radius 3 is 2.67 bits per heavy atom. The number of rotatable bonds is 4. The molecule has 0 spiro atoms. The standard InChI is InChI=1S/C22H28N4O4/c27-19-15-18(23-20(24-19)17-5-2-1-3-6-17)21(28)26-9-4-7-22(29,8-10-26)16-25-11-13-30-14-12-25/h1-3,5-6,15,29H,4,7-14,16H2,(H,23,24,27)/t22-/m1/s1. The molecule has 2 aliphatic heterocycles. The Morgan fingerprint density at radius 1 is 1.13 bits per heavy atom. The molecule has 2 saturated heterocycles. The number of carbonyl (C=O) groups is 1. The Kier molecular flexibility index (Phi) is 6.26. The molecule has 2 fully saturated rings. The van der Waals surface area contributed by atoms with Gasteiger partial charge < -0.3 is 19.7 Å². The van der Waals surface area contributed by atoms with E-state index in [1.807, 2.05) is 30.3 Å². The number of morpholine rings is 1. The van der Waals surface area contributed by atoms with Crippen LogP contribution in [0.15, 0.2) is 41.2 Å². The molecule has 160 valence electrons. The fraction of sp³-hybridized carbons (Fsp3) is 0.500. The minimum absolute atomic E-state index is 0.135. The molecular weight excluding hydrogens is 384 g/mol. The molecule has 1 aromatic carbocycles. The van der Waals surface area contributed by atoms with Gasteiger partial charge in [-0.05, 0) is 19.3 Å². The van der Waals surface area contributed by atoms with E-state index in [-0.39, 0.29) is 17.2 Å². The fourth-order valence-corrected chi connectivity index (χ4v) is 4.18. The first kappa shape index (κ1) is 20.7. The van der Waals surface area contributed by atoms with Crippen molar-refractivity contribution in [1.29, 1.82) is 0 Å². The molecule has 0 radical (unpaired) electrons. The maximum atomic E-state index is 13.1. The smallest absolute Gasteiger partial charge is 0.272 e. The van der Waals surface area contributed by atoms with Crippen LogP contribution in [-0.4, -0.2) is 82.3 Å². The lowest BCUT2D eigenvalue weighted by Gasteiger charge is -2.35. The Hall–Kier alpha value is -2.55. The predicted octanol–water partition coefficient (Wildman–Crippen LogP) is 1.13. The van der Waals surface area contributed by atoms with Crippen molar-refractivity contribution in [2.24, 2.45) is 0 Å². The molecule has 1 aromatic heterocycles. The van der Waals surface area contributed by atoms with Gasteiger partial charge in [-0.3, -0.25) is 14.5 Å². The first-order valence-electron chi connectivity index (χ1n) is 10.5. The van der Waals surface area contributed by atoms with Crippen LogP contribution in [0.2, 0.25) is 0 Å². The second-order valence-electron chi connectivity index (χ2n) is 8.10. The lowest BCUT2D eigenvalue weighted by atomic mass is 9.94. The summed E-state index contributed by atoms with van der Waals surface area (Å²) in [7, 11) is 0. The van der Waals surface area contributed by atoms with Crippen LogP contribution in [-0.2, 0) is 4.74 Å². The van der Waals surface area contributed by atoms with E-state index in [9.17, 15) is 14.7 Å². The van der Waals surface area contributed by atoms with Crippen LogP contribution < -0.4 is 5.56 Å². The van der Waals surface area contributed by atoms with Crippen LogP contribution in [0.3, 0.4) is 0 Å². The molecule has 4 rings (SSSR count). The van der Waals surface area contributed by atoms with Crippen LogP contribution in [0.25, 0.3) is 11.4 Å². The van der Waals surface area contributed by atoms with Gasteiger partial charge >= 0.3 is 0 Å². The number of H-pyrrole nitrogens is 1. The molecule has 2 aromatic rings. The number of aliphatic hydroxyl groups is 1. The maximum absolute atomic E-state index is 13.1. The average molecular weight is 412 g/mol. The number of hydrogen-bond donors (Lipinski definition) is 2. The average Bonchev–Trinajstić information content (AvgIpc) is 2.95. The van der Waals surface area contributed by atoms with Gasteiger partial charge in [-0.2, -0.15) is 0 Å². The maximum Gasteiger partial charge on any atom is 0.272 e. The second-order valence-corrected chi connectivity index (χ2v) is 8.10. The summed E-state index contributed by atoms with van der Waals surface area (Å²) in [6.07, 6.45) is 1.86. The number of nitrogens with zero attached hydrogens (tertiary/aromatic N) is 3. The van der Waals surface area contributed by atoms with E-state index >= 15 is 0 Å². The van der Waals surface area contributed by atoms with E-state index < -0.39 is 5.60 Å². The van der Waals surface area contributed by atoms with E-state index in [1.54, 1.807) is 4.90 Å². The monoisotopic (exact) mass is 412 g/mol. The number of benzene rings is 1. The van der Waals surface area contributed by atoms with Crippen molar-refractivity contribution >= 4 is 5.91 Å². The third-order valence-electron chi connectivity index (χ3n) is 5.83. The number of ether oxygens (including phenoxy) is 1. The topological polar surface area (TPSA) is 98.8 Å². The van der Waals surface area contributed by atoms with E-state index in [0.717, 1.165) is 18.7 Å². The lowest BCUT2D eigenvalue weighted by molar-refractivity contribution is -0.0389. The number of aromatic amines is 1. The first-order valence-corrected chi connectivity index (χ1v) is 10.5. The molecule has 0 bridgehead atoms. The number of amides is 1. The largest absolute Gasteiger partial charge is 0.388 e. The highest BCUT2D eigenvalue weighted by atomic mass is 16.5. The Bertz CT molecular complexity index is 926. The van der Waals surface area contributed by atoms with Crippen molar-refractivity contribution in [3.63, 3.8) is 0 Å².